The van der Waals surface area contributed by atoms with Crippen LogP contribution in [0.3, 0.4) is 0 Å². The second kappa shape index (κ2) is 4.74. The molecule has 4 heteroatoms. The summed E-state index contributed by atoms with van der Waals surface area (Å²) >= 11 is 0. The first-order valence-corrected chi connectivity index (χ1v) is 6.99. The van der Waals surface area contributed by atoms with Crippen molar-refractivity contribution in [2.45, 2.75) is 19.1 Å². The van der Waals surface area contributed by atoms with E-state index in [9.17, 15) is 4.79 Å². The van der Waals surface area contributed by atoms with Gasteiger partial charge in [-0.05, 0) is 23.8 Å². The molecule has 1 unspecified atom stereocenters. The van der Waals surface area contributed by atoms with Gasteiger partial charge in [0, 0.05) is 29.8 Å². The molecule has 0 aliphatic carbocycles. The average Bonchev–Trinajstić information content (AvgIpc) is 3.08. The molecular weight excluding hydrogens is 264 g/mol. The van der Waals surface area contributed by atoms with Gasteiger partial charge < -0.3 is 9.30 Å². The predicted molar refractivity (Wildman–Crippen MR) is 79.7 cm³/mol. The van der Waals surface area contributed by atoms with Crippen LogP contribution in [0, 0.1) is 0 Å². The van der Waals surface area contributed by atoms with Gasteiger partial charge in [0.1, 0.15) is 17.5 Å². The van der Waals surface area contributed by atoms with Crippen molar-refractivity contribution >= 4 is 17.3 Å². The largest absolute Gasteiger partial charge is 0.488 e. The molecule has 21 heavy (non-hydrogen) atoms. The van der Waals surface area contributed by atoms with E-state index in [0.29, 0.717) is 12.1 Å². The van der Waals surface area contributed by atoms with E-state index in [1.54, 1.807) is 6.20 Å². The van der Waals surface area contributed by atoms with Crippen molar-refractivity contribution in [3.63, 3.8) is 0 Å². The Bertz CT molecular complexity index is 798. The minimum absolute atomic E-state index is 0.0829. The van der Waals surface area contributed by atoms with Crippen molar-refractivity contribution in [3.8, 4) is 5.75 Å². The third-order valence-electron chi connectivity index (χ3n) is 3.91. The first-order valence-electron chi connectivity index (χ1n) is 6.99. The molecule has 0 saturated carbocycles. The van der Waals surface area contributed by atoms with Gasteiger partial charge >= 0.3 is 0 Å². The normalized spacial score (nSPS) is 16.7. The minimum Gasteiger partial charge on any atom is -0.488 e. The maximum atomic E-state index is 11.2. The summed E-state index contributed by atoms with van der Waals surface area (Å²) in [5.41, 5.74) is 2.75. The van der Waals surface area contributed by atoms with Crippen LogP contribution in [0.4, 0.5) is 0 Å². The van der Waals surface area contributed by atoms with Crippen LogP contribution >= 0.6 is 0 Å². The molecule has 1 aliphatic rings. The molecule has 104 valence electrons. The van der Waals surface area contributed by atoms with Crippen molar-refractivity contribution in [1.82, 2.24) is 9.55 Å². The summed E-state index contributed by atoms with van der Waals surface area (Å²) in [4.78, 5) is 15.6. The van der Waals surface area contributed by atoms with E-state index in [2.05, 4.69) is 11.1 Å². The van der Waals surface area contributed by atoms with E-state index in [1.807, 2.05) is 41.1 Å². The van der Waals surface area contributed by atoms with Gasteiger partial charge in [0.15, 0.2) is 6.29 Å². The van der Waals surface area contributed by atoms with Crippen LogP contribution in [-0.2, 0) is 13.0 Å². The number of hydrogen-bond donors (Lipinski definition) is 0. The van der Waals surface area contributed by atoms with Crippen molar-refractivity contribution in [2.75, 3.05) is 0 Å². The number of aromatic nitrogens is 2. The lowest BCUT2D eigenvalue weighted by molar-refractivity contribution is 0.112. The number of benzene rings is 1. The van der Waals surface area contributed by atoms with Crippen LogP contribution < -0.4 is 4.74 Å². The molecule has 0 amide bonds. The van der Waals surface area contributed by atoms with E-state index < -0.39 is 0 Å². The lowest BCUT2D eigenvalue weighted by Gasteiger charge is -2.12. The van der Waals surface area contributed by atoms with Crippen LogP contribution in [-0.4, -0.2) is 21.9 Å². The Morgan fingerprint density at radius 1 is 1.29 bits per heavy atom. The average molecular weight is 278 g/mol. The van der Waals surface area contributed by atoms with Crippen LogP contribution in [0.15, 0.2) is 48.8 Å². The molecule has 0 radical (unpaired) electrons. The molecule has 1 aliphatic heterocycles. The molecule has 0 bridgehead atoms. The Labute approximate surface area is 122 Å². The van der Waals surface area contributed by atoms with Gasteiger partial charge in [0.25, 0.3) is 0 Å². The van der Waals surface area contributed by atoms with E-state index in [4.69, 9.17) is 4.74 Å². The first-order chi connectivity index (χ1) is 10.3. The van der Waals surface area contributed by atoms with Gasteiger partial charge in [0.05, 0.1) is 6.54 Å². The van der Waals surface area contributed by atoms with Gasteiger partial charge in [-0.1, -0.05) is 18.2 Å². The fraction of sp³-hybridized carbons (Fsp3) is 0.176. The molecule has 4 rings (SSSR count). The highest BCUT2D eigenvalue weighted by molar-refractivity contribution is 5.95. The lowest BCUT2D eigenvalue weighted by Crippen LogP contribution is -2.20. The number of hydrogen-bond acceptors (Lipinski definition) is 3. The van der Waals surface area contributed by atoms with Crippen LogP contribution in [0.1, 0.15) is 15.9 Å². The SMILES string of the molecule is O=Cc1cn(CC2Cc3ccccc3O2)c2ncccc12. The Morgan fingerprint density at radius 3 is 3.05 bits per heavy atom. The second-order valence-corrected chi connectivity index (χ2v) is 5.28. The Hall–Kier alpha value is -2.62. The zero-order valence-electron chi connectivity index (χ0n) is 11.4. The summed E-state index contributed by atoms with van der Waals surface area (Å²) in [6.45, 7) is 0.691. The van der Waals surface area contributed by atoms with Crippen LogP contribution in [0.5, 0.6) is 5.75 Å². The van der Waals surface area contributed by atoms with E-state index in [1.165, 1.54) is 5.56 Å². The summed E-state index contributed by atoms with van der Waals surface area (Å²) in [7, 11) is 0. The van der Waals surface area contributed by atoms with Gasteiger partial charge in [0.2, 0.25) is 0 Å². The molecule has 0 saturated heterocycles. The summed E-state index contributed by atoms with van der Waals surface area (Å²) in [5, 5.41) is 0.892. The molecule has 1 aromatic carbocycles. The maximum absolute atomic E-state index is 11.2. The second-order valence-electron chi connectivity index (χ2n) is 5.28. The molecular formula is C17H14N2O2. The molecule has 0 N–H and O–H groups in total. The Kier molecular flexibility index (Phi) is 2.74. The van der Waals surface area contributed by atoms with E-state index >= 15 is 0 Å². The smallest absolute Gasteiger partial charge is 0.152 e. The molecule has 1 atom stereocenters. The number of aldehydes is 1. The number of carbonyl (C=O) groups is 1. The number of para-hydroxylation sites is 1. The molecule has 0 fully saturated rings. The summed E-state index contributed by atoms with van der Waals surface area (Å²) in [6.07, 6.45) is 5.46. The van der Waals surface area contributed by atoms with Gasteiger partial charge in [-0.25, -0.2) is 4.98 Å². The zero-order chi connectivity index (χ0) is 14.2. The topological polar surface area (TPSA) is 44.1 Å². The molecule has 3 aromatic rings. The summed E-state index contributed by atoms with van der Waals surface area (Å²) in [5.74, 6) is 0.961. The predicted octanol–water partition coefficient (Wildman–Crippen LogP) is 2.85. The molecule has 0 spiro atoms. The maximum Gasteiger partial charge on any atom is 0.152 e. The van der Waals surface area contributed by atoms with E-state index in [-0.39, 0.29) is 6.10 Å². The van der Waals surface area contributed by atoms with Crippen molar-refractivity contribution in [2.24, 2.45) is 0 Å². The van der Waals surface area contributed by atoms with Crippen molar-refractivity contribution in [1.29, 1.82) is 0 Å². The number of nitrogens with zero attached hydrogens (tertiary/aromatic N) is 2. The first kappa shape index (κ1) is 12.1. The fourth-order valence-corrected chi connectivity index (χ4v) is 2.96. The van der Waals surface area contributed by atoms with Gasteiger partial charge in [-0.15, -0.1) is 0 Å². The quantitative estimate of drug-likeness (QED) is 0.692. The number of rotatable bonds is 3. The number of fused-ring (bicyclic) bond motifs is 2. The highest BCUT2D eigenvalue weighted by Crippen LogP contribution is 2.29. The lowest BCUT2D eigenvalue weighted by atomic mass is 10.1. The van der Waals surface area contributed by atoms with Gasteiger partial charge in [-0.2, -0.15) is 0 Å². The third kappa shape index (κ3) is 2.00. The van der Waals surface area contributed by atoms with Crippen molar-refractivity contribution in [3.05, 3.63) is 59.9 Å². The van der Waals surface area contributed by atoms with E-state index in [0.717, 1.165) is 29.5 Å². The Balaban J connectivity index is 1.66. The van der Waals surface area contributed by atoms with Crippen molar-refractivity contribution < 1.29 is 9.53 Å². The highest BCUT2D eigenvalue weighted by atomic mass is 16.5. The monoisotopic (exact) mass is 278 g/mol. The standard InChI is InChI=1S/C17H14N2O2/c20-11-13-9-19(17-15(13)5-3-7-18-17)10-14-8-12-4-1-2-6-16(12)21-14/h1-7,9,11,14H,8,10H2. The minimum atomic E-state index is 0.0829. The Morgan fingerprint density at radius 2 is 2.19 bits per heavy atom. The number of ether oxygens (including phenoxy) is 1. The number of pyridine rings is 1. The van der Waals surface area contributed by atoms with Gasteiger partial charge in [-0.3, -0.25) is 4.79 Å². The zero-order valence-corrected chi connectivity index (χ0v) is 11.4. The molecule has 2 aromatic heterocycles. The number of carbonyl (C=O) groups excluding carboxylic acids is 1. The molecule has 4 nitrogen and oxygen atoms in total. The molecule has 3 heterocycles. The van der Waals surface area contributed by atoms with Crippen LogP contribution in [0.2, 0.25) is 0 Å². The summed E-state index contributed by atoms with van der Waals surface area (Å²) < 4.78 is 7.98. The third-order valence-corrected chi connectivity index (χ3v) is 3.91. The highest BCUT2D eigenvalue weighted by Gasteiger charge is 2.23. The summed E-state index contributed by atoms with van der Waals surface area (Å²) in [6, 6.07) is 11.9. The fourth-order valence-electron chi connectivity index (χ4n) is 2.96. The van der Waals surface area contributed by atoms with Crippen LogP contribution in [0.25, 0.3) is 11.0 Å².